The number of hydrogen-bond acceptors (Lipinski definition) is 5. The first-order chi connectivity index (χ1) is 14.5. The summed E-state index contributed by atoms with van der Waals surface area (Å²) in [6.07, 6.45) is 5.07. The van der Waals surface area contributed by atoms with Crippen LogP contribution >= 0.6 is 0 Å². The molecular formula is C23H34N4O3. The van der Waals surface area contributed by atoms with Crippen LogP contribution in [0.1, 0.15) is 69.4 Å². The smallest absolute Gasteiger partial charge is 0.272 e. The Labute approximate surface area is 178 Å². The summed E-state index contributed by atoms with van der Waals surface area (Å²) in [6, 6.07) is 6.24. The third-order valence-electron chi connectivity index (χ3n) is 6.71. The Balaban J connectivity index is 1.54. The summed E-state index contributed by atoms with van der Waals surface area (Å²) in [5.74, 6) is 0.00826. The Hall–Kier alpha value is -2.12. The number of hydrogen-bond donors (Lipinski definition) is 2. The quantitative estimate of drug-likeness (QED) is 0.725. The molecule has 3 atom stereocenters. The van der Waals surface area contributed by atoms with Gasteiger partial charge in [0.2, 0.25) is 0 Å². The number of para-hydroxylation sites is 1. The van der Waals surface area contributed by atoms with Crippen molar-refractivity contribution >= 4 is 16.8 Å². The summed E-state index contributed by atoms with van der Waals surface area (Å²) in [7, 11) is 0. The van der Waals surface area contributed by atoms with E-state index in [4.69, 9.17) is 4.74 Å². The molecule has 2 saturated heterocycles. The van der Waals surface area contributed by atoms with E-state index in [-0.39, 0.29) is 23.7 Å². The number of morpholine rings is 1. The summed E-state index contributed by atoms with van der Waals surface area (Å²) >= 11 is 0. The van der Waals surface area contributed by atoms with Crippen molar-refractivity contribution in [3.05, 3.63) is 23.9 Å². The molecule has 1 aromatic heterocycles. The maximum Gasteiger partial charge on any atom is 0.272 e. The van der Waals surface area contributed by atoms with Crippen LogP contribution in [-0.4, -0.2) is 63.6 Å². The zero-order valence-corrected chi connectivity index (χ0v) is 18.3. The summed E-state index contributed by atoms with van der Waals surface area (Å²) in [4.78, 5) is 15.8. The number of ether oxygens (including phenoxy) is 1. The summed E-state index contributed by atoms with van der Waals surface area (Å²) in [5, 5.41) is 19.0. The lowest BCUT2D eigenvalue weighted by Crippen LogP contribution is -2.60. The van der Waals surface area contributed by atoms with Gasteiger partial charge in [-0.2, -0.15) is 5.10 Å². The second-order valence-corrected chi connectivity index (χ2v) is 8.80. The van der Waals surface area contributed by atoms with E-state index in [9.17, 15) is 9.90 Å². The van der Waals surface area contributed by atoms with Gasteiger partial charge in [-0.3, -0.25) is 14.4 Å². The number of phenols is 1. The Morgan fingerprint density at radius 2 is 2.03 bits per heavy atom. The number of aromatic nitrogens is 2. The van der Waals surface area contributed by atoms with Gasteiger partial charge in [0.05, 0.1) is 13.2 Å². The number of nitrogens with zero attached hydrogens (tertiary/aromatic N) is 3. The Morgan fingerprint density at radius 3 is 2.70 bits per heavy atom. The number of unbranched alkanes of at least 4 members (excludes halogenated alkanes) is 1. The van der Waals surface area contributed by atoms with Crippen molar-refractivity contribution < 1.29 is 14.6 Å². The van der Waals surface area contributed by atoms with E-state index in [1.807, 2.05) is 13.0 Å². The van der Waals surface area contributed by atoms with Gasteiger partial charge in [0.25, 0.3) is 5.91 Å². The van der Waals surface area contributed by atoms with Crippen LogP contribution in [0.5, 0.6) is 5.75 Å². The number of carbonyl (C=O) groups excluding carboxylic acids is 1. The Bertz CT molecular complexity index is 882. The van der Waals surface area contributed by atoms with Crippen LogP contribution < -0.4 is 5.32 Å². The van der Waals surface area contributed by atoms with E-state index in [2.05, 4.69) is 29.2 Å². The van der Waals surface area contributed by atoms with Crippen LogP contribution in [0.4, 0.5) is 0 Å². The lowest BCUT2D eigenvalue weighted by Gasteiger charge is -2.48. The minimum atomic E-state index is -0.154. The number of phenolic OH excluding ortho intramolecular Hbond substituents is 1. The lowest BCUT2D eigenvalue weighted by atomic mass is 9.89. The molecule has 2 aliphatic rings. The normalized spacial score (nSPS) is 25.4. The first-order valence-corrected chi connectivity index (χ1v) is 11.4. The molecule has 3 unspecified atom stereocenters. The molecule has 4 rings (SSSR count). The number of nitrogens with one attached hydrogen (secondary N) is 1. The number of rotatable bonds is 7. The van der Waals surface area contributed by atoms with Crippen molar-refractivity contribution in [1.29, 1.82) is 0 Å². The molecule has 3 heterocycles. The highest BCUT2D eigenvalue weighted by molar-refractivity contribution is 6.06. The van der Waals surface area contributed by atoms with Gasteiger partial charge < -0.3 is 15.2 Å². The molecule has 1 aromatic carbocycles. The molecule has 164 valence electrons. The predicted octanol–water partition coefficient (Wildman–Crippen LogP) is 3.47. The minimum absolute atomic E-state index is 0.0978. The summed E-state index contributed by atoms with van der Waals surface area (Å²) in [5.41, 5.74) is 1.03. The molecule has 0 spiro atoms. The van der Waals surface area contributed by atoms with Crippen LogP contribution in [-0.2, 0) is 4.74 Å². The van der Waals surface area contributed by atoms with Gasteiger partial charge >= 0.3 is 0 Å². The summed E-state index contributed by atoms with van der Waals surface area (Å²) in [6.45, 7) is 8.94. The highest BCUT2D eigenvalue weighted by Crippen LogP contribution is 2.31. The molecule has 2 aliphatic heterocycles. The van der Waals surface area contributed by atoms with Gasteiger partial charge in [0, 0.05) is 29.6 Å². The molecular weight excluding hydrogens is 380 g/mol. The molecule has 0 saturated carbocycles. The van der Waals surface area contributed by atoms with E-state index in [0.29, 0.717) is 28.7 Å². The molecule has 0 radical (unpaired) electrons. The molecule has 2 aromatic rings. The number of benzene rings is 1. The van der Waals surface area contributed by atoms with Gasteiger partial charge in [-0.25, -0.2) is 0 Å². The average Bonchev–Trinajstić information content (AvgIpc) is 3.13. The van der Waals surface area contributed by atoms with E-state index >= 15 is 0 Å². The fraction of sp³-hybridized carbons (Fsp3) is 0.652. The number of carbonyl (C=O) groups is 1. The molecule has 2 fully saturated rings. The zero-order valence-electron chi connectivity index (χ0n) is 18.3. The van der Waals surface area contributed by atoms with Gasteiger partial charge in [-0.05, 0) is 45.2 Å². The maximum absolute atomic E-state index is 13.2. The van der Waals surface area contributed by atoms with Crippen LogP contribution in [0.3, 0.4) is 0 Å². The van der Waals surface area contributed by atoms with Crippen molar-refractivity contribution in [2.75, 3.05) is 19.8 Å². The number of aromatic hydroxyl groups is 1. The van der Waals surface area contributed by atoms with E-state index in [1.165, 1.54) is 12.8 Å². The third kappa shape index (κ3) is 3.93. The predicted molar refractivity (Wildman–Crippen MR) is 117 cm³/mol. The third-order valence-corrected chi connectivity index (χ3v) is 6.71. The second kappa shape index (κ2) is 8.94. The Morgan fingerprint density at radius 1 is 1.30 bits per heavy atom. The highest BCUT2D eigenvalue weighted by Gasteiger charge is 2.39. The van der Waals surface area contributed by atoms with E-state index in [0.717, 1.165) is 39.0 Å². The lowest BCUT2D eigenvalue weighted by molar-refractivity contribution is -0.0802. The molecule has 2 bridgehead atoms. The second-order valence-electron chi connectivity index (χ2n) is 8.80. The first-order valence-electron chi connectivity index (χ1n) is 11.4. The van der Waals surface area contributed by atoms with Crippen LogP contribution in [0.25, 0.3) is 10.9 Å². The fourth-order valence-electron chi connectivity index (χ4n) is 4.90. The van der Waals surface area contributed by atoms with E-state index < -0.39 is 0 Å². The van der Waals surface area contributed by atoms with Crippen molar-refractivity contribution in [3.8, 4) is 5.75 Å². The molecule has 30 heavy (non-hydrogen) atoms. The molecule has 0 aliphatic carbocycles. The number of amides is 1. The highest BCUT2D eigenvalue weighted by atomic mass is 16.5. The maximum atomic E-state index is 13.2. The number of fused-ring (bicyclic) bond motifs is 3. The van der Waals surface area contributed by atoms with Crippen LogP contribution in [0, 0.1) is 0 Å². The van der Waals surface area contributed by atoms with Gasteiger partial charge in [-0.15, -0.1) is 0 Å². The van der Waals surface area contributed by atoms with Crippen molar-refractivity contribution in [1.82, 2.24) is 20.0 Å². The largest absolute Gasteiger partial charge is 0.506 e. The molecule has 2 N–H and O–H groups in total. The fourth-order valence-corrected chi connectivity index (χ4v) is 4.90. The van der Waals surface area contributed by atoms with Crippen molar-refractivity contribution in [2.24, 2.45) is 0 Å². The van der Waals surface area contributed by atoms with Crippen LogP contribution in [0.2, 0.25) is 0 Å². The van der Waals surface area contributed by atoms with E-state index in [1.54, 1.807) is 16.8 Å². The standard InChI is InChI=1S/C23H34N4O3/c1-4-6-10-26-17-11-16(12-18(26)14-30-13-17)24-23(29)21-19-8-7-9-20(28)22(19)27(25-21)15(3)5-2/h7-9,15-18,28H,4-6,10-14H2,1-3H3,(H,24,29). The van der Waals surface area contributed by atoms with Crippen LogP contribution in [0.15, 0.2) is 18.2 Å². The minimum Gasteiger partial charge on any atom is -0.506 e. The van der Waals surface area contributed by atoms with Gasteiger partial charge in [0.15, 0.2) is 5.69 Å². The molecule has 7 heteroatoms. The topological polar surface area (TPSA) is 79.6 Å². The molecule has 7 nitrogen and oxygen atoms in total. The van der Waals surface area contributed by atoms with Crippen molar-refractivity contribution in [2.45, 2.75) is 77.0 Å². The average molecular weight is 415 g/mol. The van der Waals surface area contributed by atoms with Crippen molar-refractivity contribution in [3.63, 3.8) is 0 Å². The van der Waals surface area contributed by atoms with Gasteiger partial charge in [0.1, 0.15) is 11.3 Å². The summed E-state index contributed by atoms with van der Waals surface area (Å²) < 4.78 is 7.59. The van der Waals surface area contributed by atoms with Gasteiger partial charge in [-0.1, -0.05) is 32.4 Å². The molecule has 1 amide bonds. The first kappa shape index (κ1) is 21.1. The monoisotopic (exact) mass is 414 g/mol. The number of piperidine rings is 1. The Kier molecular flexibility index (Phi) is 6.29. The zero-order chi connectivity index (χ0) is 21.3. The SMILES string of the molecule is CCCCN1C2COCC1CC(NC(=O)c1nn(C(C)CC)c3c(O)cccc13)C2.